The molecule has 0 saturated heterocycles. The second kappa shape index (κ2) is 5.66. The van der Waals surface area contributed by atoms with Crippen LogP contribution in [0.25, 0.3) is 10.8 Å². The Morgan fingerprint density at radius 3 is 2.16 bits per heavy atom. The van der Waals surface area contributed by atoms with E-state index in [1.807, 2.05) is 12.1 Å². The van der Waals surface area contributed by atoms with Crippen molar-refractivity contribution in [2.45, 2.75) is 5.54 Å². The number of rotatable bonds is 5. The topological polar surface area (TPSA) is 98.5 Å². The SMILES string of the molecule is OCC(CO)(CO)Nc1nnc(Cl)c2ccccc12. The number of nitrogens with one attached hydrogen (secondary N) is 1. The first-order valence-corrected chi connectivity index (χ1v) is 6.05. The molecule has 1 aromatic heterocycles. The fourth-order valence-electron chi connectivity index (χ4n) is 1.68. The van der Waals surface area contributed by atoms with Crippen molar-refractivity contribution in [3.05, 3.63) is 29.4 Å². The molecule has 0 atom stereocenters. The van der Waals surface area contributed by atoms with Gasteiger partial charge < -0.3 is 20.6 Å². The predicted molar refractivity (Wildman–Crippen MR) is 72.2 cm³/mol. The Hall–Kier alpha value is -1.47. The molecule has 0 unspecified atom stereocenters. The summed E-state index contributed by atoms with van der Waals surface area (Å²) in [7, 11) is 0. The van der Waals surface area contributed by atoms with Crippen molar-refractivity contribution in [2.24, 2.45) is 0 Å². The van der Waals surface area contributed by atoms with Crippen LogP contribution in [0.5, 0.6) is 0 Å². The molecule has 0 bridgehead atoms. The molecule has 0 fully saturated rings. The molecule has 0 aliphatic carbocycles. The summed E-state index contributed by atoms with van der Waals surface area (Å²) in [6.45, 7) is -1.34. The molecule has 0 aliphatic rings. The third kappa shape index (κ3) is 2.62. The molecule has 0 saturated carbocycles. The molecule has 0 amide bonds. The Balaban J connectivity index is 2.49. The van der Waals surface area contributed by atoms with E-state index in [0.29, 0.717) is 16.6 Å². The van der Waals surface area contributed by atoms with E-state index in [1.54, 1.807) is 12.1 Å². The number of aromatic nitrogens is 2. The third-order valence-electron chi connectivity index (χ3n) is 2.93. The number of hydrogen-bond acceptors (Lipinski definition) is 6. The van der Waals surface area contributed by atoms with Gasteiger partial charge >= 0.3 is 0 Å². The van der Waals surface area contributed by atoms with Gasteiger partial charge in [-0.2, -0.15) is 0 Å². The minimum atomic E-state index is -1.26. The Morgan fingerprint density at radius 1 is 1.00 bits per heavy atom. The third-order valence-corrected chi connectivity index (χ3v) is 3.21. The summed E-state index contributed by atoms with van der Waals surface area (Å²) < 4.78 is 0. The summed E-state index contributed by atoms with van der Waals surface area (Å²) in [5, 5.41) is 40.1. The van der Waals surface area contributed by atoms with E-state index >= 15 is 0 Å². The van der Waals surface area contributed by atoms with Crippen LogP contribution < -0.4 is 5.32 Å². The average Bonchev–Trinajstić information content (AvgIpc) is 2.48. The van der Waals surface area contributed by atoms with Gasteiger partial charge in [0.1, 0.15) is 5.54 Å². The van der Waals surface area contributed by atoms with Crippen LogP contribution in [-0.2, 0) is 0 Å². The second-order valence-electron chi connectivity index (χ2n) is 4.26. The lowest BCUT2D eigenvalue weighted by Crippen LogP contribution is -2.49. The first-order chi connectivity index (χ1) is 9.15. The molecular weight excluding hydrogens is 270 g/mol. The van der Waals surface area contributed by atoms with Gasteiger partial charge in [0.05, 0.1) is 19.8 Å². The number of aliphatic hydroxyl groups is 3. The van der Waals surface area contributed by atoms with Gasteiger partial charge in [-0.05, 0) is 0 Å². The number of nitrogens with zero attached hydrogens (tertiary/aromatic N) is 2. The van der Waals surface area contributed by atoms with Gasteiger partial charge in [0.2, 0.25) is 0 Å². The van der Waals surface area contributed by atoms with Crippen molar-refractivity contribution in [2.75, 3.05) is 25.1 Å². The van der Waals surface area contributed by atoms with Crippen LogP contribution in [0.2, 0.25) is 5.15 Å². The quantitative estimate of drug-likeness (QED) is 0.634. The summed E-state index contributed by atoms with van der Waals surface area (Å²) in [6.07, 6.45) is 0. The van der Waals surface area contributed by atoms with Crippen molar-refractivity contribution in [1.82, 2.24) is 10.2 Å². The summed E-state index contributed by atoms with van der Waals surface area (Å²) >= 11 is 5.95. The zero-order valence-electron chi connectivity index (χ0n) is 10.0. The van der Waals surface area contributed by atoms with Crippen LogP contribution in [0.15, 0.2) is 24.3 Å². The molecule has 2 aromatic rings. The largest absolute Gasteiger partial charge is 0.394 e. The highest BCUT2D eigenvalue weighted by atomic mass is 35.5. The van der Waals surface area contributed by atoms with Crippen LogP contribution >= 0.6 is 11.6 Å². The van der Waals surface area contributed by atoms with Crippen LogP contribution in [0.3, 0.4) is 0 Å². The second-order valence-corrected chi connectivity index (χ2v) is 4.62. The summed E-state index contributed by atoms with van der Waals surface area (Å²) in [4.78, 5) is 0. The Bertz CT molecular complexity index is 567. The van der Waals surface area contributed by atoms with Gasteiger partial charge in [0, 0.05) is 10.8 Å². The Kier molecular flexibility index (Phi) is 4.16. The van der Waals surface area contributed by atoms with Crippen LogP contribution in [0, 0.1) is 0 Å². The van der Waals surface area contributed by atoms with Crippen molar-refractivity contribution < 1.29 is 15.3 Å². The molecule has 7 heteroatoms. The van der Waals surface area contributed by atoms with Crippen LogP contribution in [0.4, 0.5) is 5.82 Å². The smallest absolute Gasteiger partial charge is 0.159 e. The van der Waals surface area contributed by atoms with E-state index in [-0.39, 0.29) is 5.15 Å². The van der Waals surface area contributed by atoms with E-state index in [0.717, 1.165) is 0 Å². The molecule has 19 heavy (non-hydrogen) atoms. The van der Waals surface area contributed by atoms with Crippen LogP contribution in [0.1, 0.15) is 0 Å². The van der Waals surface area contributed by atoms with E-state index in [2.05, 4.69) is 15.5 Å². The van der Waals surface area contributed by atoms with E-state index < -0.39 is 25.4 Å². The van der Waals surface area contributed by atoms with Crippen molar-refractivity contribution >= 4 is 28.2 Å². The summed E-state index contributed by atoms with van der Waals surface area (Å²) in [5.41, 5.74) is -1.26. The fourth-order valence-corrected chi connectivity index (χ4v) is 1.89. The average molecular weight is 284 g/mol. The molecule has 4 N–H and O–H groups in total. The number of hydrogen-bond donors (Lipinski definition) is 4. The van der Waals surface area contributed by atoms with Gasteiger partial charge in [-0.3, -0.25) is 0 Å². The minimum Gasteiger partial charge on any atom is -0.394 e. The zero-order chi connectivity index (χ0) is 13.9. The molecule has 6 nitrogen and oxygen atoms in total. The lowest BCUT2D eigenvalue weighted by molar-refractivity contribution is 0.0831. The minimum absolute atomic E-state index is 0.267. The highest BCUT2D eigenvalue weighted by molar-refractivity contribution is 6.34. The monoisotopic (exact) mass is 283 g/mol. The molecule has 0 spiro atoms. The molecule has 102 valence electrons. The van der Waals surface area contributed by atoms with Gasteiger partial charge in [-0.15, -0.1) is 10.2 Å². The van der Waals surface area contributed by atoms with Crippen molar-refractivity contribution in [3.63, 3.8) is 0 Å². The highest BCUT2D eigenvalue weighted by Gasteiger charge is 2.29. The molecule has 0 aliphatic heterocycles. The number of aliphatic hydroxyl groups excluding tert-OH is 3. The summed E-state index contributed by atoms with van der Waals surface area (Å²) in [5.74, 6) is 0.345. The molecule has 1 heterocycles. The fraction of sp³-hybridized carbons (Fsp3) is 0.333. The zero-order valence-corrected chi connectivity index (χ0v) is 10.8. The van der Waals surface area contributed by atoms with Gasteiger partial charge in [0.15, 0.2) is 11.0 Å². The van der Waals surface area contributed by atoms with E-state index in [9.17, 15) is 15.3 Å². The highest BCUT2D eigenvalue weighted by Crippen LogP contribution is 2.27. The predicted octanol–water partition coefficient (Wildman–Crippen LogP) is 0.411. The molecule has 2 rings (SSSR count). The maximum absolute atomic E-state index is 9.31. The van der Waals surface area contributed by atoms with Crippen molar-refractivity contribution in [1.29, 1.82) is 0 Å². The van der Waals surface area contributed by atoms with Crippen LogP contribution in [-0.4, -0.2) is 50.9 Å². The summed E-state index contributed by atoms with van der Waals surface area (Å²) in [6, 6.07) is 7.20. The van der Waals surface area contributed by atoms with Crippen molar-refractivity contribution in [3.8, 4) is 0 Å². The number of fused-ring (bicyclic) bond motifs is 1. The lowest BCUT2D eigenvalue weighted by atomic mass is 10.0. The molecule has 1 aromatic carbocycles. The number of halogens is 1. The maximum Gasteiger partial charge on any atom is 0.159 e. The van der Waals surface area contributed by atoms with Gasteiger partial charge in [-0.25, -0.2) is 0 Å². The van der Waals surface area contributed by atoms with E-state index in [4.69, 9.17) is 11.6 Å². The van der Waals surface area contributed by atoms with Gasteiger partial charge in [0.25, 0.3) is 0 Å². The molecular formula is C12H14ClN3O3. The number of benzene rings is 1. The standard InChI is InChI=1S/C12H14ClN3O3/c13-10-8-3-1-2-4-9(8)11(16-15-10)14-12(5-17,6-18)7-19/h1-4,17-19H,5-7H2,(H,14,16). The molecule has 0 radical (unpaired) electrons. The first kappa shape index (κ1) is 14.0. The van der Waals surface area contributed by atoms with Gasteiger partial charge in [-0.1, -0.05) is 35.9 Å². The van der Waals surface area contributed by atoms with E-state index in [1.165, 1.54) is 0 Å². The normalized spacial score (nSPS) is 11.8. The number of anilines is 1. The Morgan fingerprint density at radius 2 is 1.58 bits per heavy atom. The lowest BCUT2D eigenvalue weighted by Gasteiger charge is -2.29. The first-order valence-electron chi connectivity index (χ1n) is 5.67. The Labute approximate surface area is 114 Å². The maximum atomic E-state index is 9.31.